The van der Waals surface area contributed by atoms with Crippen molar-refractivity contribution < 1.29 is 12.8 Å². The first-order valence-corrected chi connectivity index (χ1v) is 6.27. The maximum absolute atomic E-state index is 12.7. The molecule has 0 radical (unpaired) electrons. The van der Waals surface area contributed by atoms with E-state index >= 15 is 0 Å². The Morgan fingerprint density at radius 2 is 2.13 bits per heavy atom. The summed E-state index contributed by atoms with van der Waals surface area (Å²) in [6.07, 6.45) is -1.36. The highest BCUT2D eigenvalue weighted by molar-refractivity contribution is 7.91. The highest BCUT2D eigenvalue weighted by Gasteiger charge is 2.18. The third-order valence-electron chi connectivity index (χ3n) is 1.94. The highest BCUT2D eigenvalue weighted by Crippen LogP contribution is 2.14. The van der Waals surface area contributed by atoms with E-state index in [0.29, 0.717) is 0 Å². The van der Waals surface area contributed by atoms with E-state index in [1.807, 2.05) is 0 Å². The molecule has 1 atom stereocenters. The molecule has 0 heterocycles. The van der Waals surface area contributed by atoms with E-state index in [9.17, 15) is 12.8 Å². The lowest BCUT2D eigenvalue weighted by atomic mass is 10.2. The maximum Gasteiger partial charge on any atom is 0.181 e. The zero-order valence-corrected chi connectivity index (χ0v) is 9.30. The summed E-state index contributed by atoms with van der Waals surface area (Å²) in [7, 11) is -3.52. The van der Waals surface area contributed by atoms with Crippen molar-refractivity contribution in [2.75, 3.05) is 5.75 Å². The van der Waals surface area contributed by atoms with Crippen LogP contribution in [0.25, 0.3) is 0 Å². The molecule has 0 fully saturated rings. The Morgan fingerprint density at radius 1 is 1.47 bits per heavy atom. The normalized spacial score (nSPS) is 13.8. The molecule has 84 valence electrons. The van der Waals surface area contributed by atoms with Crippen LogP contribution in [0.2, 0.25) is 0 Å². The van der Waals surface area contributed by atoms with Gasteiger partial charge in [0.15, 0.2) is 9.84 Å². The predicted molar refractivity (Wildman–Crippen MR) is 57.0 cm³/mol. The van der Waals surface area contributed by atoms with E-state index in [1.54, 1.807) is 12.1 Å². The second-order valence-electron chi connectivity index (χ2n) is 3.41. The number of hydrogen-bond donors (Lipinski definition) is 1. The molecule has 0 bridgehead atoms. The van der Waals surface area contributed by atoms with Crippen LogP contribution in [0.15, 0.2) is 29.2 Å². The fourth-order valence-corrected chi connectivity index (χ4v) is 2.68. The van der Waals surface area contributed by atoms with Crippen LogP contribution in [-0.2, 0) is 16.4 Å². The molecule has 0 aliphatic heterocycles. The smallest absolute Gasteiger partial charge is 0.181 e. The van der Waals surface area contributed by atoms with Gasteiger partial charge in [0, 0.05) is 6.54 Å². The van der Waals surface area contributed by atoms with Crippen LogP contribution in [-0.4, -0.2) is 20.3 Å². The van der Waals surface area contributed by atoms with Crippen LogP contribution >= 0.6 is 0 Å². The van der Waals surface area contributed by atoms with Gasteiger partial charge in [-0.3, -0.25) is 0 Å². The molecule has 0 amide bonds. The van der Waals surface area contributed by atoms with Gasteiger partial charge < -0.3 is 5.73 Å². The zero-order valence-electron chi connectivity index (χ0n) is 8.48. The molecular formula is C10H14FNO2S. The average Bonchev–Trinajstić information content (AvgIpc) is 2.16. The van der Waals surface area contributed by atoms with E-state index in [-0.39, 0.29) is 11.4 Å². The SMILES string of the molecule is CC(F)CS(=O)(=O)c1cccc(CN)c1. The summed E-state index contributed by atoms with van der Waals surface area (Å²) in [5.41, 5.74) is 6.12. The van der Waals surface area contributed by atoms with E-state index in [0.717, 1.165) is 5.56 Å². The summed E-state index contributed by atoms with van der Waals surface area (Å²) in [6.45, 7) is 1.50. The van der Waals surface area contributed by atoms with Crippen LogP contribution < -0.4 is 5.73 Å². The van der Waals surface area contributed by atoms with Gasteiger partial charge in [-0.05, 0) is 24.6 Å². The summed E-state index contributed by atoms with van der Waals surface area (Å²) >= 11 is 0. The Morgan fingerprint density at radius 3 is 2.67 bits per heavy atom. The fraction of sp³-hybridized carbons (Fsp3) is 0.400. The second kappa shape index (κ2) is 4.72. The first-order valence-electron chi connectivity index (χ1n) is 4.61. The number of hydrogen-bond acceptors (Lipinski definition) is 3. The molecule has 15 heavy (non-hydrogen) atoms. The Balaban J connectivity index is 3.04. The molecule has 3 nitrogen and oxygen atoms in total. The molecule has 0 aromatic heterocycles. The number of alkyl halides is 1. The lowest BCUT2D eigenvalue weighted by Gasteiger charge is -2.06. The van der Waals surface area contributed by atoms with Crippen molar-refractivity contribution >= 4 is 9.84 Å². The number of sulfone groups is 1. The van der Waals surface area contributed by atoms with Crippen LogP contribution in [0.1, 0.15) is 12.5 Å². The van der Waals surface area contributed by atoms with Crippen LogP contribution in [0.3, 0.4) is 0 Å². The summed E-state index contributed by atoms with van der Waals surface area (Å²) < 4.78 is 35.9. The van der Waals surface area contributed by atoms with Gasteiger partial charge in [0.25, 0.3) is 0 Å². The van der Waals surface area contributed by atoms with Gasteiger partial charge >= 0.3 is 0 Å². The van der Waals surface area contributed by atoms with E-state index in [1.165, 1.54) is 19.1 Å². The Hall–Kier alpha value is -0.940. The predicted octanol–water partition coefficient (Wildman–Crippen LogP) is 1.28. The van der Waals surface area contributed by atoms with Crippen molar-refractivity contribution in [3.63, 3.8) is 0 Å². The van der Waals surface area contributed by atoms with Crippen molar-refractivity contribution in [2.24, 2.45) is 5.73 Å². The average molecular weight is 231 g/mol. The minimum atomic E-state index is -3.52. The summed E-state index contributed by atoms with van der Waals surface area (Å²) in [5.74, 6) is -0.485. The monoisotopic (exact) mass is 231 g/mol. The molecule has 0 saturated heterocycles. The van der Waals surface area contributed by atoms with Crippen LogP contribution in [0.4, 0.5) is 4.39 Å². The lowest BCUT2D eigenvalue weighted by Crippen LogP contribution is -2.15. The van der Waals surface area contributed by atoms with Crippen molar-refractivity contribution in [1.29, 1.82) is 0 Å². The molecule has 1 aromatic carbocycles. The Bertz CT molecular complexity index is 429. The molecular weight excluding hydrogens is 217 g/mol. The van der Waals surface area contributed by atoms with E-state index in [2.05, 4.69) is 0 Å². The first-order chi connectivity index (χ1) is 6.95. The second-order valence-corrected chi connectivity index (χ2v) is 5.45. The molecule has 0 saturated carbocycles. The molecule has 0 aliphatic rings. The van der Waals surface area contributed by atoms with Crippen LogP contribution in [0.5, 0.6) is 0 Å². The number of benzene rings is 1. The number of rotatable bonds is 4. The molecule has 5 heteroatoms. The van der Waals surface area contributed by atoms with E-state index < -0.39 is 21.8 Å². The standard InChI is InChI=1S/C10H14FNO2S/c1-8(11)7-15(13,14)10-4-2-3-9(5-10)6-12/h2-5,8H,6-7,12H2,1H3. The van der Waals surface area contributed by atoms with Gasteiger partial charge in [0.1, 0.15) is 6.17 Å². The van der Waals surface area contributed by atoms with Gasteiger partial charge in [-0.1, -0.05) is 12.1 Å². The largest absolute Gasteiger partial charge is 0.326 e. The minimum absolute atomic E-state index is 0.134. The molecule has 2 N–H and O–H groups in total. The molecule has 1 unspecified atom stereocenters. The van der Waals surface area contributed by atoms with Crippen molar-refractivity contribution in [1.82, 2.24) is 0 Å². The van der Waals surface area contributed by atoms with Crippen molar-refractivity contribution in [2.45, 2.75) is 24.5 Å². The maximum atomic E-state index is 12.7. The summed E-state index contributed by atoms with van der Waals surface area (Å²) in [6, 6.07) is 6.28. The fourth-order valence-electron chi connectivity index (χ4n) is 1.26. The molecule has 1 aromatic rings. The quantitative estimate of drug-likeness (QED) is 0.849. The number of nitrogens with two attached hydrogens (primary N) is 1. The summed E-state index contributed by atoms with van der Waals surface area (Å²) in [4.78, 5) is 0.134. The third kappa shape index (κ3) is 3.28. The van der Waals surface area contributed by atoms with Crippen molar-refractivity contribution in [3.8, 4) is 0 Å². The van der Waals surface area contributed by atoms with E-state index in [4.69, 9.17) is 5.73 Å². The Kier molecular flexibility index (Phi) is 3.82. The topological polar surface area (TPSA) is 60.2 Å². The Labute approximate surface area is 89.0 Å². The molecule has 0 aliphatic carbocycles. The molecule has 0 spiro atoms. The van der Waals surface area contributed by atoms with Gasteiger partial charge in [-0.25, -0.2) is 12.8 Å². The third-order valence-corrected chi connectivity index (χ3v) is 3.81. The summed E-state index contributed by atoms with van der Waals surface area (Å²) in [5, 5.41) is 0. The molecule has 1 rings (SSSR count). The van der Waals surface area contributed by atoms with Crippen LogP contribution in [0, 0.1) is 0 Å². The van der Waals surface area contributed by atoms with Gasteiger partial charge in [0.2, 0.25) is 0 Å². The highest BCUT2D eigenvalue weighted by atomic mass is 32.2. The van der Waals surface area contributed by atoms with Gasteiger partial charge in [0.05, 0.1) is 10.6 Å². The lowest BCUT2D eigenvalue weighted by molar-refractivity contribution is 0.391. The minimum Gasteiger partial charge on any atom is -0.326 e. The zero-order chi connectivity index (χ0) is 11.5. The van der Waals surface area contributed by atoms with Gasteiger partial charge in [-0.15, -0.1) is 0 Å². The van der Waals surface area contributed by atoms with Crippen molar-refractivity contribution in [3.05, 3.63) is 29.8 Å². The first kappa shape index (κ1) is 12.1. The number of halogens is 1. The van der Waals surface area contributed by atoms with Gasteiger partial charge in [-0.2, -0.15) is 0 Å².